The molecular weight excluding hydrogens is 230 g/mol. The molecule has 1 heterocycles. The highest BCUT2D eigenvalue weighted by Crippen LogP contribution is 2.32. The molecule has 1 aromatic carbocycles. The summed E-state index contributed by atoms with van der Waals surface area (Å²) in [5.74, 6) is -0.290. The van der Waals surface area contributed by atoms with E-state index in [0.29, 0.717) is 6.54 Å². The fraction of sp³-hybridized carbons (Fsp3) is 0.429. The first-order valence-electron chi connectivity index (χ1n) is 6.05. The molecule has 0 unspecified atom stereocenters. The number of rotatable bonds is 2. The molecular formula is C14H17NO3. The zero-order valence-corrected chi connectivity index (χ0v) is 10.7. The van der Waals surface area contributed by atoms with Gasteiger partial charge in [0.2, 0.25) is 5.91 Å². The summed E-state index contributed by atoms with van der Waals surface area (Å²) in [7, 11) is 1.37. The lowest BCUT2D eigenvalue weighted by molar-refractivity contribution is -0.143. The predicted molar refractivity (Wildman–Crippen MR) is 66.9 cm³/mol. The van der Waals surface area contributed by atoms with Gasteiger partial charge in [0.15, 0.2) is 0 Å². The molecule has 1 amide bonds. The monoisotopic (exact) mass is 247 g/mol. The number of amides is 1. The first-order chi connectivity index (χ1) is 8.63. The van der Waals surface area contributed by atoms with Crippen molar-refractivity contribution < 1.29 is 14.3 Å². The van der Waals surface area contributed by atoms with Gasteiger partial charge in [0.25, 0.3) is 0 Å². The van der Waals surface area contributed by atoms with Crippen molar-refractivity contribution in [2.45, 2.75) is 25.8 Å². The van der Waals surface area contributed by atoms with Crippen LogP contribution in [0.2, 0.25) is 0 Å². The third kappa shape index (κ3) is 2.37. The van der Waals surface area contributed by atoms with Gasteiger partial charge in [0, 0.05) is 13.5 Å². The second-order valence-electron chi connectivity index (χ2n) is 4.46. The fourth-order valence-corrected chi connectivity index (χ4v) is 2.49. The Bertz CT molecular complexity index is 470. The van der Waals surface area contributed by atoms with Crippen molar-refractivity contribution in [2.75, 3.05) is 13.7 Å². The first-order valence-corrected chi connectivity index (χ1v) is 6.05. The normalized spacial score (nSPS) is 18.1. The van der Waals surface area contributed by atoms with E-state index in [-0.39, 0.29) is 24.3 Å². The quantitative estimate of drug-likeness (QED) is 0.747. The average Bonchev–Trinajstić information content (AvgIpc) is 2.38. The van der Waals surface area contributed by atoms with E-state index in [1.165, 1.54) is 19.6 Å². The third-order valence-corrected chi connectivity index (χ3v) is 3.40. The lowest BCUT2D eigenvalue weighted by Crippen LogP contribution is -2.39. The lowest BCUT2D eigenvalue weighted by atomic mass is 9.90. The molecule has 0 radical (unpaired) electrons. The molecule has 1 aromatic rings. The smallest absolute Gasteiger partial charge is 0.307 e. The van der Waals surface area contributed by atoms with Gasteiger partial charge in [-0.15, -0.1) is 0 Å². The summed E-state index contributed by atoms with van der Waals surface area (Å²) in [4.78, 5) is 24.9. The molecule has 4 heteroatoms. The molecule has 0 saturated carbocycles. The number of hydrogen-bond donors (Lipinski definition) is 0. The highest BCUT2D eigenvalue weighted by Gasteiger charge is 2.30. The number of methoxy groups -OCH3 is 1. The summed E-state index contributed by atoms with van der Waals surface area (Å²) >= 11 is 0. The first kappa shape index (κ1) is 12.6. The van der Waals surface area contributed by atoms with Crippen LogP contribution in [0.4, 0.5) is 0 Å². The van der Waals surface area contributed by atoms with E-state index >= 15 is 0 Å². The zero-order valence-electron chi connectivity index (χ0n) is 10.7. The van der Waals surface area contributed by atoms with Gasteiger partial charge in [-0.2, -0.15) is 0 Å². The Kier molecular flexibility index (Phi) is 3.65. The maximum atomic E-state index is 11.7. The molecule has 18 heavy (non-hydrogen) atoms. The van der Waals surface area contributed by atoms with E-state index in [4.69, 9.17) is 4.74 Å². The standard InChI is InChI=1S/C14H17NO3/c1-10(16)15-8-7-11-5-3-4-6-12(11)13(15)9-14(17)18-2/h3-6,13H,7-9H2,1-2H3/t13-/m0/s1. The van der Waals surface area contributed by atoms with Crippen molar-refractivity contribution in [1.29, 1.82) is 0 Å². The van der Waals surface area contributed by atoms with Crippen LogP contribution in [-0.2, 0) is 20.7 Å². The van der Waals surface area contributed by atoms with E-state index in [1.807, 2.05) is 18.2 Å². The minimum Gasteiger partial charge on any atom is -0.469 e. The Morgan fingerprint density at radius 1 is 1.39 bits per heavy atom. The van der Waals surface area contributed by atoms with Crippen molar-refractivity contribution in [2.24, 2.45) is 0 Å². The Balaban J connectivity index is 2.34. The Hall–Kier alpha value is -1.84. The molecule has 0 spiro atoms. The molecule has 0 N–H and O–H groups in total. The average molecular weight is 247 g/mol. The largest absolute Gasteiger partial charge is 0.469 e. The van der Waals surface area contributed by atoms with Crippen LogP contribution in [0.3, 0.4) is 0 Å². The number of ether oxygens (including phenoxy) is 1. The maximum Gasteiger partial charge on any atom is 0.307 e. The van der Waals surface area contributed by atoms with Crippen molar-refractivity contribution in [3.63, 3.8) is 0 Å². The summed E-state index contributed by atoms with van der Waals surface area (Å²) in [6, 6.07) is 7.76. The zero-order chi connectivity index (χ0) is 13.1. The number of esters is 1. The summed E-state index contributed by atoms with van der Waals surface area (Å²) in [5, 5.41) is 0. The minimum atomic E-state index is -0.289. The molecule has 0 aromatic heterocycles. The van der Waals surface area contributed by atoms with Crippen LogP contribution >= 0.6 is 0 Å². The van der Waals surface area contributed by atoms with Crippen LogP contribution in [0.25, 0.3) is 0 Å². The molecule has 1 aliphatic rings. The van der Waals surface area contributed by atoms with Crippen LogP contribution in [0, 0.1) is 0 Å². The summed E-state index contributed by atoms with van der Waals surface area (Å²) < 4.78 is 4.72. The third-order valence-electron chi connectivity index (χ3n) is 3.40. The van der Waals surface area contributed by atoms with Gasteiger partial charge in [-0.05, 0) is 17.5 Å². The van der Waals surface area contributed by atoms with Crippen LogP contribution < -0.4 is 0 Å². The predicted octanol–water partition coefficient (Wildman–Crippen LogP) is 1.70. The van der Waals surface area contributed by atoms with Gasteiger partial charge in [0.05, 0.1) is 19.6 Å². The SMILES string of the molecule is COC(=O)C[C@H]1c2ccccc2CCN1C(C)=O. The Morgan fingerprint density at radius 2 is 2.11 bits per heavy atom. The molecule has 1 atom stereocenters. The van der Waals surface area contributed by atoms with E-state index in [0.717, 1.165) is 12.0 Å². The molecule has 0 aliphatic carbocycles. The Morgan fingerprint density at radius 3 is 2.78 bits per heavy atom. The van der Waals surface area contributed by atoms with Crippen molar-refractivity contribution in [3.8, 4) is 0 Å². The number of carbonyl (C=O) groups excluding carboxylic acids is 2. The number of hydrogen-bond acceptors (Lipinski definition) is 3. The van der Waals surface area contributed by atoms with Gasteiger partial charge < -0.3 is 9.64 Å². The summed E-state index contributed by atoms with van der Waals surface area (Å²) in [6.07, 6.45) is 1.06. The van der Waals surface area contributed by atoms with E-state index in [2.05, 4.69) is 6.07 Å². The van der Waals surface area contributed by atoms with E-state index in [9.17, 15) is 9.59 Å². The topological polar surface area (TPSA) is 46.6 Å². The van der Waals surface area contributed by atoms with Crippen molar-refractivity contribution in [1.82, 2.24) is 4.90 Å². The van der Waals surface area contributed by atoms with Gasteiger partial charge in [-0.3, -0.25) is 9.59 Å². The lowest BCUT2D eigenvalue weighted by Gasteiger charge is -2.36. The van der Waals surface area contributed by atoms with E-state index < -0.39 is 0 Å². The second-order valence-corrected chi connectivity index (χ2v) is 4.46. The number of benzene rings is 1. The number of carbonyl (C=O) groups is 2. The molecule has 0 saturated heterocycles. The van der Waals surface area contributed by atoms with E-state index in [1.54, 1.807) is 4.90 Å². The highest BCUT2D eigenvalue weighted by molar-refractivity contribution is 5.76. The van der Waals surface area contributed by atoms with Gasteiger partial charge in [0.1, 0.15) is 0 Å². The van der Waals surface area contributed by atoms with Gasteiger partial charge in [-0.25, -0.2) is 0 Å². The molecule has 0 fully saturated rings. The number of nitrogens with zero attached hydrogens (tertiary/aromatic N) is 1. The Labute approximate surface area is 107 Å². The summed E-state index contributed by atoms with van der Waals surface area (Å²) in [6.45, 7) is 2.20. The van der Waals surface area contributed by atoms with Crippen LogP contribution in [0.1, 0.15) is 30.5 Å². The van der Waals surface area contributed by atoms with Crippen LogP contribution in [0.15, 0.2) is 24.3 Å². The summed E-state index contributed by atoms with van der Waals surface area (Å²) in [5.41, 5.74) is 2.27. The van der Waals surface area contributed by atoms with Crippen LogP contribution in [-0.4, -0.2) is 30.4 Å². The molecule has 2 rings (SSSR count). The molecule has 96 valence electrons. The van der Waals surface area contributed by atoms with Gasteiger partial charge >= 0.3 is 5.97 Å². The fourth-order valence-electron chi connectivity index (χ4n) is 2.49. The maximum absolute atomic E-state index is 11.7. The molecule has 1 aliphatic heterocycles. The number of fused-ring (bicyclic) bond motifs is 1. The highest BCUT2D eigenvalue weighted by atomic mass is 16.5. The minimum absolute atomic E-state index is 0.00148. The second kappa shape index (κ2) is 5.21. The van der Waals surface area contributed by atoms with Gasteiger partial charge in [-0.1, -0.05) is 24.3 Å². The van der Waals surface area contributed by atoms with Crippen molar-refractivity contribution >= 4 is 11.9 Å². The van der Waals surface area contributed by atoms with Crippen molar-refractivity contribution in [3.05, 3.63) is 35.4 Å². The molecule has 0 bridgehead atoms. The molecule has 4 nitrogen and oxygen atoms in total. The van der Waals surface area contributed by atoms with Crippen LogP contribution in [0.5, 0.6) is 0 Å².